The van der Waals surface area contributed by atoms with Crippen LogP contribution in [0.25, 0.3) is 0 Å². The van der Waals surface area contributed by atoms with E-state index in [4.69, 9.17) is 0 Å². The van der Waals surface area contributed by atoms with Gasteiger partial charge in [0, 0.05) is 31.6 Å². The van der Waals surface area contributed by atoms with Crippen molar-refractivity contribution in [1.29, 1.82) is 0 Å². The zero-order chi connectivity index (χ0) is 14.0. The molecule has 1 aliphatic rings. The van der Waals surface area contributed by atoms with Crippen molar-refractivity contribution in [3.63, 3.8) is 0 Å². The number of carbonyl (C=O) groups excluding carboxylic acids is 1. The predicted octanol–water partition coefficient (Wildman–Crippen LogP) is 1.33. The molecule has 1 atom stereocenters. The van der Waals surface area contributed by atoms with E-state index in [9.17, 15) is 14.9 Å². The molecule has 1 aliphatic heterocycles. The molecule has 1 aromatic heterocycles. The van der Waals surface area contributed by atoms with Crippen molar-refractivity contribution in [2.24, 2.45) is 0 Å². The van der Waals surface area contributed by atoms with Crippen LogP contribution in [0.2, 0.25) is 0 Å². The van der Waals surface area contributed by atoms with Gasteiger partial charge in [0.15, 0.2) is 0 Å². The number of likely N-dealkylation sites (tertiary alicyclic amines) is 1. The summed E-state index contributed by atoms with van der Waals surface area (Å²) in [6, 6.07) is 1.80. The quantitative estimate of drug-likeness (QED) is 0.657. The number of nitrogens with one attached hydrogen (secondary N) is 1. The molecule has 1 fully saturated rings. The second-order valence-corrected chi connectivity index (χ2v) is 4.77. The molecule has 1 N–H and O–H groups in total. The standard InChI is InChI=1S/C12H16N4O3/c1-8-5-11(13-6-10(8)16(18)19)14-9-3-4-12(17)15(2)7-9/h5-6,9H,3-4,7H2,1-2H3,(H,13,14). The minimum atomic E-state index is -0.445. The fourth-order valence-electron chi connectivity index (χ4n) is 2.16. The Hall–Kier alpha value is -2.18. The highest BCUT2D eigenvalue weighted by Gasteiger charge is 2.23. The van der Waals surface area contributed by atoms with Crippen molar-refractivity contribution in [2.75, 3.05) is 18.9 Å². The molecule has 1 unspecified atom stereocenters. The van der Waals surface area contributed by atoms with Crippen molar-refractivity contribution in [3.05, 3.63) is 27.9 Å². The summed E-state index contributed by atoms with van der Waals surface area (Å²) in [5.41, 5.74) is 0.587. The van der Waals surface area contributed by atoms with Crippen LogP contribution in [0.15, 0.2) is 12.3 Å². The van der Waals surface area contributed by atoms with Gasteiger partial charge in [-0.15, -0.1) is 0 Å². The summed E-state index contributed by atoms with van der Waals surface area (Å²) in [5.74, 6) is 0.752. The number of carbonyl (C=O) groups is 1. The molecule has 19 heavy (non-hydrogen) atoms. The van der Waals surface area contributed by atoms with Crippen LogP contribution in [0.3, 0.4) is 0 Å². The highest BCUT2D eigenvalue weighted by atomic mass is 16.6. The van der Waals surface area contributed by atoms with E-state index in [-0.39, 0.29) is 17.6 Å². The number of nitro groups is 1. The van der Waals surface area contributed by atoms with Crippen LogP contribution in [-0.2, 0) is 4.79 Å². The zero-order valence-electron chi connectivity index (χ0n) is 10.9. The van der Waals surface area contributed by atoms with Crippen LogP contribution >= 0.6 is 0 Å². The first-order valence-electron chi connectivity index (χ1n) is 6.09. The molecule has 0 aliphatic carbocycles. The Bertz CT molecular complexity index is 518. The first kappa shape index (κ1) is 13.3. The topological polar surface area (TPSA) is 88.4 Å². The number of piperidine rings is 1. The fourth-order valence-corrected chi connectivity index (χ4v) is 2.16. The molecule has 0 spiro atoms. The molecule has 0 radical (unpaired) electrons. The largest absolute Gasteiger partial charge is 0.366 e. The maximum absolute atomic E-state index is 11.4. The molecule has 1 aromatic rings. The summed E-state index contributed by atoms with van der Waals surface area (Å²) < 4.78 is 0. The van der Waals surface area contributed by atoms with Crippen molar-refractivity contribution >= 4 is 17.4 Å². The number of anilines is 1. The van der Waals surface area contributed by atoms with Gasteiger partial charge in [0.25, 0.3) is 5.69 Å². The van der Waals surface area contributed by atoms with Gasteiger partial charge in [-0.2, -0.15) is 0 Å². The van der Waals surface area contributed by atoms with Crippen LogP contribution in [0.1, 0.15) is 18.4 Å². The number of hydrogen-bond donors (Lipinski definition) is 1. The molecule has 0 saturated carbocycles. The van der Waals surface area contributed by atoms with Gasteiger partial charge in [-0.1, -0.05) is 0 Å². The monoisotopic (exact) mass is 264 g/mol. The first-order valence-corrected chi connectivity index (χ1v) is 6.09. The van der Waals surface area contributed by atoms with Crippen LogP contribution in [0.5, 0.6) is 0 Å². The highest BCUT2D eigenvalue weighted by molar-refractivity contribution is 5.77. The lowest BCUT2D eigenvalue weighted by Gasteiger charge is -2.30. The number of pyridine rings is 1. The number of likely N-dealkylation sites (N-methyl/N-ethyl adjacent to an activating group) is 1. The lowest BCUT2D eigenvalue weighted by Crippen LogP contribution is -2.43. The fraction of sp³-hybridized carbons (Fsp3) is 0.500. The molecule has 0 aromatic carbocycles. The van der Waals surface area contributed by atoms with E-state index in [1.54, 1.807) is 24.9 Å². The number of hydrogen-bond acceptors (Lipinski definition) is 5. The van der Waals surface area contributed by atoms with Crippen LogP contribution in [-0.4, -0.2) is 40.3 Å². The molecule has 2 heterocycles. The summed E-state index contributed by atoms with van der Waals surface area (Å²) in [7, 11) is 1.77. The molecule has 1 amide bonds. The van der Waals surface area contributed by atoms with Crippen molar-refractivity contribution in [3.8, 4) is 0 Å². The van der Waals surface area contributed by atoms with Gasteiger partial charge in [0.05, 0.1) is 4.92 Å². The van der Waals surface area contributed by atoms with Gasteiger partial charge in [-0.05, 0) is 19.4 Å². The number of aromatic nitrogens is 1. The Kier molecular flexibility index (Phi) is 3.64. The second kappa shape index (κ2) is 5.21. The summed E-state index contributed by atoms with van der Waals surface area (Å²) >= 11 is 0. The lowest BCUT2D eigenvalue weighted by molar-refractivity contribution is -0.385. The number of nitrogens with zero attached hydrogens (tertiary/aromatic N) is 3. The van der Waals surface area contributed by atoms with E-state index in [0.29, 0.717) is 24.3 Å². The molecule has 7 nitrogen and oxygen atoms in total. The van der Waals surface area contributed by atoms with E-state index in [1.807, 2.05) is 0 Å². The minimum Gasteiger partial charge on any atom is -0.366 e. The average molecular weight is 264 g/mol. The van der Waals surface area contributed by atoms with E-state index in [1.165, 1.54) is 6.20 Å². The number of amides is 1. The van der Waals surface area contributed by atoms with Crippen molar-refractivity contribution in [2.45, 2.75) is 25.8 Å². The summed E-state index contributed by atoms with van der Waals surface area (Å²) in [4.78, 5) is 27.4. The third-order valence-electron chi connectivity index (χ3n) is 3.26. The lowest BCUT2D eigenvalue weighted by atomic mass is 10.1. The number of aryl methyl sites for hydroxylation is 1. The Morgan fingerprint density at radius 1 is 1.58 bits per heavy atom. The zero-order valence-corrected chi connectivity index (χ0v) is 10.9. The van der Waals surface area contributed by atoms with Crippen LogP contribution in [0, 0.1) is 17.0 Å². The van der Waals surface area contributed by atoms with E-state index in [0.717, 1.165) is 6.42 Å². The Morgan fingerprint density at radius 2 is 2.32 bits per heavy atom. The smallest absolute Gasteiger partial charge is 0.290 e. The summed E-state index contributed by atoms with van der Waals surface area (Å²) in [6.07, 6.45) is 2.52. The molecule has 102 valence electrons. The van der Waals surface area contributed by atoms with Gasteiger partial charge >= 0.3 is 0 Å². The number of rotatable bonds is 3. The Morgan fingerprint density at radius 3 is 2.89 bits per heavy atom. The summed E-state index contributed by atoms with van der Waals surface area (Å²) in [5, 5.41) is 13.9. The Balaban J connectivity index is 2.06. The molecular formula is C12H16N4O3. The average Bonchev–Trinajstić information content (AvgIpc) is 2.33. The van der Waals surface area contributed by atoms with Crippen LogP contribution in [0.4, 0.5) is 11.5 Å². The first-order chi connectivity index (χ1) is 8.97. The SMILES string of the molecule is Cc1cc(NC2CCC(=O)N(C)C2)ncc1[N+](=O)[O-]. The molecule has 2 rings (SSSR count). The molecule has 7 heteroatoms. The minimum absolute atomic E-state index is 0.0153. The van der Waals surface area contributed by atoms with Crippen molar-refractivity contribution < 1.29 is 9.72 Å². The van der Waals surface area contributed by atoms with E-state index < -0.39 is 4.92 Å². The predicted molar refractivity (Wildman–Crippen MR) is 69.9 cm³/mol. The van der Waals surface area contributed by atoms with Gasteiger partial charge in [0.2, 0.25) is 5.91 Å². The molecule has 0 bridgehead atoms. The Labute approximate surface area is 110 Å². The van der Waals surface area contributed by atoms with Crippen LogP contribution < -0.4 is 5.32 Å². The maximum Gasteiger partial charge on any atom is 0.290 e. The van der Waals surface area contributed by atoms with E-state index >= 15 is 0 Å². The summed E-state index contributed by atoms with van der Waals surface area (Å²) in [6.45, 7) is 2.30. The third-order valence-corrected chi connectivity index (χ3v) is 3.26. The van der Waals surface area contributed by atoms with Gasteiger partial charge in [-0.3, -0.25) is 14.9 Å². The van der Waals surface area contributed by atoms with Gasteiger partial charge < -0.3 is 10.2 Å². The maximum atomic E-state index is 11.4. The second-order valence-electron chi connectivity index (χ2n) is 4.77. The van der Waals surface area contributed by atoms with Gasteiger partial charge in [-0.25, -0.2) is 4.98 Å². The normalized spacial score (nSPS) is 19.4. The highest BCUT2D eigenvalue weighted by Crippen LogP contribution is 2.20. The van der Waals surface area contributed by atoms with E-state index in [2.05, 4.69) is 10.3 Å². The third kappa shape index (κ3) is 2.98. The van der Waals surface area contributed by atoms with Gasteiger partial charge in [0.1, 0.15) is 12.0 Å². The van der Waals surface area contributed by atoms with Crippen molar-refractivity contribution in [1.82, 2.24) is 9.88 Å². The molecule has 1 saturated heterocycles. The molecular weight excluding hydrogens is 248 g/mol.